The van der Waals surface area contributed by atoms with Crippen LogP contribution in [0.1, 0.15) is 23.7 Å². The van der Waals surface area contributed by atoms with Gasteiger partial charge in [0, 0.05) is 17.3 Å². The highest BCUT2D eigenvalue weighted by atomic mass is 16.2. The number of carbonyl (C=O) groups is 2. The van der Waals surface area contributed by atoms with Crippen molar-refractivity contribution in [2.45, 2.75) is 19.4 Å². The number of rotatable bonds is 6. The highest BCUT2D eigenvalue weighted by Crippen LogP contribution is 2.04. The number of nitrogen functional groups attached to an aromatic ring is 1. The van der Waals surface area contributed by atoms with E-state index in [1.807, 2.05) is 6.92 Å². The highest BCUT2D eigenvalue weighted by molar-refractivity contribution is 5.96. The third-order valence-electron chi connectivity index (χ3n) is 2.51. The van der Waals surface area contributed by atoms with E-state index in [0.29, 0.717) is 17.7 Å². The fourth-order valence-electron chi connectivity index (χ4n) is 1.53. The fourth-order valence-corrected chi connectivity index (χ4v) is 1.53. The normalized spacial score (nSPS) is 11.4. The molecule has 0 saturated heterocycles. The van der Waals surface area contributed by atoms with Crippen LogP contribution < -0.4 is 16.4 Å². The van der Waals surface area contributed by atoms with Crippen LogP contribution in [0.25, 0.3) is 0 Å². The van der Waals surface area contributed by atoms with E-state index in [1.54, 1.807) is 30.3 Å². The van der Waals surface area contributed by atoms with Crippen LogP contribution >= 0.6 is 0 Å². The summed E-state index contributed by atoms with van der Waals surface area (Å²) in [4.78, 5) is 23.3. The van der Waals surface area contributed by atoms with Crippen molar-refractivity contribution in [3.63, 3.8) is 0 Å². The Morgan fingerprint density at radius 2 is 2.00 bits per heavy atom. The molecule has 102 valence electrons. The predicted molar refractivity (Wildman–Crippen MR) is 75.6 cm³/mol. The molecule has 1 unspecified atom stereocenters. The maximum Gasteiger partial charge on any atom is 0.251 e. The SMILES string of the molecule is C=CCC(C)NC(=O)CNC(=O)c1ccc(N)cc1. The standard InChI is InChI=1S/C14H19N3O2/c1-3-4-10(2)17-13(18)9-16-14(19)11-5-7-12(15)8-6-11/h3,5-8,10H,1,4,9,15H2,2H3,(H,16,19)(H,17,18). The smallest absolute Gasteiger partial charge is 0.251 e. The summed E-state index contributed by atoms with van der Waals surface area (Å²) in [6, 6.07) is 6.52. The van der Waals surface area contributed by atoms with Gasteiger partial charge in [0.2, 0.25) is 5.91 Å². The summed E-state index contributed by atoms with van der Waals surface area (Å²) in [6.07, 6.45) is 2.43. The minimum Gasteiger partial charge on any atom is -0.399 e. The highest BCUT2D eigenvalue weighted by Gasteiger charge is 2.09. The Morgan fingerprint density at radius 3 is 2.58 bits per heavy atom. The summed E-state index contributed by atoms with van der Waals surface area (Å²) in [5.41, 5.74) is 6.59. The molecular formula is C14H19N3O2. The zero-order valence-corrected chi connectivity index (χ0v) is 11.0. The summed E-state index contributed by atoms with van der Waals surface area (Å²) < 4.78 is 0. The van der Waals surface area contributed by atoms with E-state index in [9.17, 15) is 9.59 Å². The second-order valence-electron chi connectivity index (χ2n) is 4.30. The van der Waals surface area contributed by atoms with Gasteiger partial charge in [-0.05, 0) is 37.6 Å². The quantitative estimate of drug-likeness (QED) is 0.529. The number of hydrogen-bond acceptors (Lipinski definition) is 3. The Labute approximate surface area is 112 Å². The van der Waals surface area contributed by atoms with Gasteiger partial charge >= 0.3 is 0 Å². The molecule has 1 atom stereocenters. The average Bonchev–Trinajstić information content (AvgIpc) is 2.37. The van der Waals surface area contributed by atoms with Crippen molar-refractivity contribution in [3.05, 3.63) is 42.5 Å². The van der Waals surface area contributed by atoms with Crippen LogP contribution in [0.2, 0.25) is 0 Å². The van der Waals surface area contributed by atoms with Gasteiger partial charge in [0.1, 0.15) is 0 Å². The van der Waals surface area contributed by atoms with Crippen LogP contribution in [-0.2, 0) is 4.79 Å². The summed E-state index contributed by atoms with van der Waals surface area (Å²) in [5, 5.41) is 5.30. The summed E-state index contributed by atoms with van der Waals surface area (Å²) in [5.74, 6) is -0.523. The van der Waals surface area contributed by atoms with Crippen LogP contribution in [0.3, 0.4) is 0 Å². The van der Waals surface area contributed by atoms with Crippen molar-refractivity contribution in [3.8, 4) is 0 Å². The van der Waals surface area contributed by atoms with Gasteiger partial charge in [0.05, 0.1) is 6.54 Å². The van der Waals surface area contributed by atoms with Gasteiger partial charge in [-0.1, -0.05) is 6.08 Å². The number of benzene rings is 1. The minimum atomic E-state index is -0.300. The molecule has 0 aliphatic carbocycles. The lowest BCUT2D eigenvalue weighted by atomic mass is 10.2. The summed E-state index contributed by atoms with van der Waals surface area (Å²) in [7, 11) is 0. The second-order valence-corrected chi connectivity index (χ2v) is 4.30. The molecule has 0 aliphatic rings. The number of nitrogens with one attached hydrogen (secondary N) is 2. The Balaban J connectivity index is 2.39. The Bertz CT molecular complexity index is 454. The molecule has 0 heterocycles. The minimum absolute atomic E-state index is 0.0124. The first kappa shape index (κ1) is 14.8. The first-order chi connectivity index (χ1) is 9.02. The molecule has 4 N–H and O–H groups in total. The van der Waals surface area contributed by atoms with Crippen LogP contribution in [0.15, 0.2) is 36.9 Å². The zero-order valence-electron chi connectivity index (χ0n) is 11.0. The van der Waals surface area contributed by atoms with E-state index in [1.165, 1.54) is 0 Å². The topological polar surface area (TPSA) is 84.2 Å². The lowest BCUT2D eigenvalue weighted by Gasteiger charge is -2.12. The maximum absolute atomic E-state index is 11.7. The molecule has 0 bridgehead atoms. The molecule has 0 fully saturated rings. The van der Waals surface area contributed by atoms with Gasteiger partial charge < -0.3 is 16.4 Å². The van der Waals surface area contributed by atoms with E-state index < -0.39 is 0 Å². The first-order valence-corrected chi connectivity index (χ1v) is 6.07. The maximum atomic E-state index is 11.7. The van der Waals surface area contributed by atoms with Gasteiger partial charge in [-0.3, -0.25) is 9.59 Å². The first-order valence-electron chi connectivity index (χ1n) is 6.07. The molecule has 2 amide bonds. The molecular weight excluding hydrogens is 242 g/mol. The molecule has 1 aromatic carbocycles. The Hall–Kier alpha value is -2.30. The van der Waals surface area contributed by atoms with Crippen molar-refractivity contribution in [2.75, 3.05) is 12.3 Å². The molecule has 1 rings (SSSR count). The Kier molecular flexibility index (Phi) is 5.60. The number of carbonyl (C=O) groups excluding carboxylic acids is 2. The predicted octanol–water partition coefficient (Wildman–Crippen LogP) is 1.08. The van der Waals surface area contributed by atoms with Crippen molar-refractivity contribution in [1.82, 2.24) is 10.6 Å². The van der Waals surface area contributed by atoms with Crippen LogP contribution in [-0.4, -0.2) is 24.4 Å². The van der Waals surface area contributed by atoms with Gasteiger partial charge in [-0.25, -0.2) is 0 Å². The molecule has 0 aromatic heterocycles. The molecule has 0 aliphatic heterocycles. The summed E-state index contributed by atoms with van der Waals surface area (Å²) >= 11 is 0. The van der Waals surface area contributed by atoms with Crippen molar-refractivity contribution in [2.24, 2.45) is 0 Å². The van der Waals surface area contributed by atoms with Crippen molar-refractivity contribution >= 4 is 17.5 Å². The largest absolute Gasteiger partial charge is 0.399 e. The van der Waals surface area contributed by atoms with Crippen molar-refractivity contribution in [1.29, 1.82) is 0 Å². The lowest BCUT2D eigenvalue weighted by molar-refractivity contribution is -0.120. The fraction of sp³-hybridized carbons (Fsp3) is 0.286. The van der Waals surface area contributed by atoms with Crippen LogP contribution in [0, 0.1) is 0 Å². The molecule has 1 aromatic rings. The van der Waals surface area contributed by atoms with Gasteiger partial charge in [-0.15, -0.1) is 6.58 Å². The lowest BCUT2D eigenvalue weighted by Crippen LogP contribution is -2.40. The van der Waals surface area contributed by atoms with Crippen molar-refractivity contribution < 1.29 is 9.59 Å². The molecule has 5 nitrogen and oxygen atoms in total. The molecule has 0 saturated carbocycles. The number of hydrogen-bond donors (Lipinski definition) is 3. The number of nitrogens with two attached hydrogens (primary N) is 1. The summed E-state index contributed by atoms with van der Waals surface area (Å²) in [6.45, 7) is 5.42. The van der Waals surface area contributed by atoms with E-state index in [-0.39, 0.29) is 24.4 Å². The second kappa shape index (κ2) is 7.20. The van der Waals surface area contributed by atoms with E-state index in [0.717, 1.165) is 0 Å². The molecule has 0 radical (unpaired) electrons. The average molecular weight is 261 g/mol. The van der Waals surface area contributed by atoms with Crippen LogP contribution in [0.5, 0.6) is 0 Å². The third-order valence-corrected chi connectivity index (χ3v) is 2.51. The van der Waals surface area contributed by atoms with E-state index >= 15 is 0 Å². The number of amides is 2. The van der Waals surface area contributed by atoms with E-state index in [4.69, 9.17) is 5.73 Å². The molecule has 0 spiro atoms. The zero-order chi connectivity index (χ0) is 14.3. The molecule has 19 heavy (non-hydrogen) atoms. The number of anilines is 1. The third kappa shape index (κ3) is 5.25. The van der Waals surface area contributed by atoms with E-state index in [2.05, 4.69) is 17.2 Å². The molecule has 5 heteroatoms. The Morgan fingerprint density at radius 1 is 1.37 bits per heavy atom. The van der Waals surface area contributed by atoms with Gasteiger partial charge in [0.15, 0.2) is 0 Å². The van der Waals surface area contributed by atoms with Gasteiger partial charge in [-0.2, -0.15) is 0 Å². The van der Waals surface area contributed by atoms with Gasteiger partial charge in [0.25, 0.3) is 5.91 Å². The monoisotopic (exact) mass is 261 g/mol. The van der Waals surface area contributed by atoms with Crippen LogP contribution in [0.4, 0.5) is 5.69 Å².